The minimum atomic E-state index is -0.0555. The molecular weight excluding hydrogens is 429 g/mol. The van der Waals surface area contributed by atoms with Gasteiger partial charge in [-0.3, -0.25) is 4.98 Å². The van der Waals surface area contributed by atoms with Crippen LogP contribution >= 0.6 is 0 Å². The molecule has 1 aromatic heterocycles. The van der Waals surface area contributed by atoms with Crippen molar-refractivity contribution in [3.63, 3.8) is 0 Å². The van der Waals surface area contributed by atoms with Crippen LogP contribution in [0.5, 0.6) is 0 Å². The predicted octanol–water partition coefficient (Wildman–Crippen LogP) is 9.54. The second-order valence-electron chi connectivity index (χ2n) is 10.8. The summed E-state index contributed by atoms with van der Waals surface area (Å²) in [5.74, 6) is 0.246. The lowest BCUT2D eigenvalue weighted by atomic mass is 9.77. The van der Waals surface area contributed by atoms with Crippen molar-refractivity contribution < 1.29 is 4.39 Å². The quantitative estimate of drug-likeness (QED) is 0.276. The lowest BCUT2D eigenvalue weighted by Crippen LogP contribution is -2.12. The molecule has 0 radical (unpaired) electrons. The topological polar surface area (TPSA) is 12.9 Å². The van der Waals surface area contributed by atoms with E-state index in [2.05, 4.69) is 71.8 Å². The van der Waals surface area contributed by atoms with Crippen molar-refractivity contribution in [1.29, 1.82) is 0 Å². The SMILES string of the molecule is C=C(C)C/C(C(=C)C)=C(/C(CC(C)c1ccnc(C)c1)=C(C)C)c1cc(F)c2c(c1C)CCCC2. The van der Waals surface area contributed by atoms with Crippen LogP contribution in [0.3, 0.4) is 0 Å². The molecule has 1 aromatic carbocycles. The number of rotatable bonds is 8. The highest BCUT2D eigenvalue weighted by atomic mass is 19.1. The molecular formula is C33H42FN. The molecule has 0 saturated heterocycles. The van der Waals surface area contributed by atoms with Crippen LogP contribution in [0.1, 0.15) is 99.7 Å². The normalized spacial score (nSPS) is 14.6. The van der Waals surface area contributed by atoms with E-state index in [0.717, 1.165) is 72.1 Å². The Bertz CT molecular complexity index is 1200. The minimum absolute atomic E-state index is 0.0555. The Balaban J connectivity index is 2.28. The first kappa shape index (κ1) is 26.9. The van der Waals surface area contributed by atoms with Crippen LogP contribution in [-0.4, -0.2) is 4.98 Å². The molecule has 2 aromatic rings. The van der Waals surface area contributed by atoms with E-state index in [4.69, 9.17) is 0 Å². The fourth-order valence-electron chi connectivity index (χ4n) is 5.44. The van der Waals surface area contributed by atoms with Crippen molar-refractivity contribution in [3.05, 3.63) is 105 Å². The van der Waals surface area contributed by atoms with Gasteiger partial charge in [-0.05, 0) is 149 Å². The fourth-order valence-corrected chi connectivity index (χ4v) is 5.44. The predicted molar refractivity (Wildman–Crippen MR) is 149 cm³/mol. The van der Waals surface area contributed by atoms with Crippen LogP contribution in [0.25, 0.3) is 5.57 Å². The number of pyridine rings is 1. The van der Waals surface area contributed by atoms with Gasteiger partial charge in [-0.25, -0.2) is 4.39 Å². The van der Waals surface area contributed by atoms with E-state index in [1.165, 1.54) is 33.4 Å². The summed E-state index contributed by atoms with van der Waals surface area (Å²) < 4.78 is 15.6. The molecule has 0 saturated carbocycles. The van der Waals surface area contributed by atoms with E-state index in [1.807, 2.05) is 13.1 Å². The Morgan fingerprint density at radius 2 is 1.66 bits per heavy atom. The first-order valence-electron chi connectivity index (χ1n) is 12.9. The molecule has 3 rings (SSSR count). The van der Waals surface area contributed by atoms with Crippen LogP contribution in [0.2, 0.25) is 0 Å². The second kappa shape index (κ2) is 11.3. The van der Waals surface area contributed by atoms with E-state index in [9.17, 15) is 0 Å². The summed E-state index contributed by atoms with van der Waals surface area (Å²) in [4.78, 5) is 4.38. The fraction of sp³-hybridized carbons (Fsp3) is 0.424. The molecule has 0 spiro atoms. The monoisotopic (exact) mass is 471 g/mol. The Labute approximate surface area is 212 Å². The molecule has 1 nitrogen and oxygen atoms in total. The average Bonchev–Trinajstić information content (AvgIpc) is 2.80. The zero-order valence-electron chi connectivity index (χ0n) is 22.9. The number of aromatic nitrogens is 1. The highest BCUT2D eigenvalue weighted by Gasteiger charge is 2.25. The highest BCUT2D eigenvalue weighted by molar-refractivity contribution is 5.87. The third kappa shape index (κ3) is 6.10. The van der Waals surface area contributed by atoms with Crippen LogP contribution in [0.15, 0.2) is 65.4 Å². The van der Waals surface area contributed by atoms with Gasteiger partial charge in [0.1, 0.15) is 5.82 Å². The van der Waals surface area contributed by atoms with Crippen LogP contribution in [0, 0.1) is 19.7 Å². The summed E-state index contributed by atoms with van der Waals surface area (Å²) in [7, 11) is 0. The van der Waals surface area contributed by atoms with Crippen molar-refractivity contribution in [1.82, 2.24) is 4.98 Å². The number of halogens is 1. The summed E-state index contributed by atoms with van der Waals surface area (Å²) in [5.41, 5.74) is 13.7. The number of nitrogens with zero attached hydrogens (tertiary/aromatic N) is 1. The Kier molecular flexibility index (Phi) is 8.70. The molecule has 1 aliphatic carbocycles. The summed E-state index contributed by atoms with van der Waals surface area (Å²) >= 11 is 0. The van der Waals surface area contributed by atoms with Gasteiger partial charge in [-0.15, -0.1) is 0 Å². The maximum atomic E-state index is 15.6. The van der Waals surface area contributed by atoms with Gasteiger partial charge in [0.25, 0.3) is 0 Å². The zero-order chi connectivity index (χ0) is 25.9. The summed E-state index contributed by atoms with van der Waals surface area (Å²) in [6, 6.07) is 6.09. The molecule has 186 valence electrons. The number of benzene rings is 1. The van der Waals surface area contributed by atoms with Crippen LogP contribution in [0.4, 0.5) is 4.39 Å². The van der Waals surface area contributed by atoms with Gasteiger partial charge in [0.15, 0.2) is 0 Å². The average molecular weight is 472 g/mol. The van der Waals surface area contributed by atoms with E-state index >= 15 is 4.39 Å². The number of hydrogen-bond donors (Lipinski definition) is 0. The largest absolute Gasteiger partial charge is 0.262 e. The van der Waals surface area contributed by atoms with Gasteiger partial charge < -0.3 is 0 Å². The van der Waals surface area contributed by atoms with Crippen LogP contribution < -0.4 is 0 Å². The Morgan fingerprint density at radius 1 is 1.00 bits per heavy atom. The van der Waals surface area contributed by atoms with Crippen LogP contribution in [-0.2, 0) is 12.8 Å². The third-order valence-electron chi connectivity index (χ3n) is 7.35. The van der Waals surface area contributed by atoms with Crippen molar-refractivity contribution >= 4 is 5.57 Å². The zero-order valence-corrected chi connectivity index (χ0v) is 22.9. The summed E-state index contributed by atoms with van der Waals surface area (Å²) in [6.07, 6.45) is 7.49. The first-order valence-corrected chi connectivity index (χ1v) is 12.9. The highest BCUT2D eigenvalue weighted by Crippen LogP contribution is 2.42. The lowest BCUT2D eigenvalue weighted by Gasteiger charge is -2.28. The molecule has 0 fully saturated rings. The molecule has 1 heterocycles. The summed E-state index contributed by atoms with van der Waals surface area (Å²) in [6.45, 7) is 23.6. The van der Waals surface area contributed by atoms with E-state index in [0.29, 0.717) is 5.92 Å². The molecule has 0 bridgehead atoms. The molecule has 0 amide bonds. The van der Waals surface area contributed by atoms with E-state index < -0.39 is 0 Å². The van der Waals surface area contributed by atoms with Gasteiger partial charge in [0, 0.05) is 11.9 Å². The van der Waals surface area contributed by atoms with E-state index in [1.54, 1.807) is 6.07 Å². The Morgan fingerprint density at radius 3 is 2.23 bits per heavy atom. The molecule has 1 atom stereocenters. The first-order chi connectivity index (χ1) is 16.5. The number of aryl methyl sites for hydroxylation is 1. The smallest absolute Gasteiger partial charge is 0.127 e. The molecule has 1 aliphatic rings. The van der Waals surface area contributed by atoms with Crippen molar-refractivity contribution in [2.45, 2.75) is 92.9 Å². The molecule has 1 unspecified atom stereocenters. The molecule has 0 N–H and O–H groups in total. The Hall–Kier alpha value is -2.74. The molecule has 2 heteroatoms. The maximum absolute atomic E-state index is 15.6. The molecule has 35 heavy (non-hydrogen) atoms. The van der Waals surface area contributed by atoms with Gasteiger partial charge in [-0.2, -0.15) is 0 Å². The second-order valence-corrected chi connectivity index (χ2v) is 10.8. The van der Waals surface area contributed by atoms with Gasteiger partial charge >= 0.3 is 0 Å². The number of fused-ring (bicyclic) bond motifs is 1. The molecule has 0 aliphatic heterocycles. The van der Waals surface area contributed by atoms with E-state index in [-0.39, 0.29) is 5.82 Å². The third-order valence-corrected chi connectivity index (χ3v) is 7.35. The van der Waals surface area contributed by atoms with Crippen molar-refractivity contribution in [3.8, 4) is 0 Å². The van der Waals surface area contributed by atoms with Crippen molar-refractivity contribution in [2.75, 3.05) is 0 Å². The summed E-state index contributed by atoms with van der Waals surface area (Å²) in [5, 5.41) is 0. The maximum Gasteiger partial charge on any atom is 0.127 e. The standard InChI is InChI=1S/C33H42FN/c1-20(2)16-29(21(3)4)33(31-19-32(34)28-13-11-10-12-27(28)25(31)9)30(22(5)6)17-23(7)26-14-15-35-24(8)18-26/h14-15,18-19,23H,1,3,10-13,16-17H2,2,4-9H3/b33-29+. The van der Waals surface area contributed by atoms with Gasteiger partial charge in [0.2, 0.25) is 0 Å². The number of allylic oxidation sites excluding steroid dienone is 6. The number of hydrogen-bond acceptors (Lipinski definition) is 1. The van der Waals surface area contributed by atoms with Gasteiger partial charge in [-0.1, -0.05) is 36.8 Å². The lowest BCUT2D eigenvalue weighted by molar-refractivity contribution is 0.576. The van der Waals surface area contributed by atoms with Gasteiger partial charge in [0.05, 0.1) is 0 Å². The van der Waals surface area contributed by atoms with Crippen molar-refractivity contribution in [2.24, 2.45) is 0 Å². The minimum Gasteiger partial charge on any atom is -0.262 e.